The van der Waals surface area contributed by atoms with Gasteiger partial charge >= 0.3 is 0 Å². The van der Waals surface area contributed by atoms with Crippen LogP contribution in [-0.4, -0.2) is 38.3 Å². The molecule has 0 aliphatic carbocycles. The number of pyridine rings is 1. The van der Waals surface area contributed by atoms with Crippen molar-refractivity contribution in [3.05, 3.63) is 53.9 Å². The van der Waals surface area contributed by atoms with Crippen LogP contribution in [0.1, 0.15) is 18.1 Å². The molecule has 0 aliphatic rings. The summed E-state index contributed by atoms with van der Waals surface area (Å²) < 4.78 is 10.6. The number of ether oxygens (including phenoxy) is 2. The van der Waals surface area contributed by atoms with E-state index in [9.17, 15) is 0 Å². The number of nitrogens with zero attached hydrogens (tertiary/aromatic N) is 2. The molecular weight excluding hydrogens is 443 g/mol. The normalized spacial score (nSPS) is 10.7. The van der Waals surface area contributed by atoms with Crippen LogP contribution in [0.25, 0.3) is 0 Å². The number of rotatable bonds is 8. The summed E-state index contributed by atoms with van der Waals surface area (Å²) in [6.45, 7) is 4.21. The molecule has 7 heteroatoms. The van der Waals surface area contributed by atoms with Crippen LogP contribution in [0.3, 0.4) is 0 Å². The van der Waals surface area contributed by atoms with E-state index in [4.69, 9.17) is 9.47 Å². The minimum atomic E-state index is 0. The van der Waals surface area contributed by atoms with Gasteiger partial charge in [0.05, 0.1) is 20.8 Å². The Kier molecular flexibility index (Phi) is 10.5. The second-order valence-electron chi connectivity index (χ2n) is 5.42. The highest BCUT2D eigenvalue weighted by Gasteiger charge is 2.05. The van der Waals surface area contributed by atoms with Crippen molar-refractivity contribution in [1.29, 1.82) is 0 Å². The van der Waals surface area contributed by atoms with E-state index in [1.807, 2.05) is 30.5 Å². The lowest BCUT2D eigenvalue weighted by Gasteiger charge is -2.12. The second kappa shape index (κ2) is 12.3. The molecule has 0 atom stereocenters. The molecule has 0 bridgehead atoms. The molecule has 0 fully saturated rings. The minimum absolute atomic E-state index is 0. The molecule has 0 saturated heterocycles. The summed E-state index contributed by atoms with van der Waals surface area (Å²) in [6.07, 6.45) is 4.57. The molecule has 1 aromatic carbocycles. The minimum Gasteiger partial charge on any atom is -0.493 e. The maximum absolute atomic E-state index is 5.33. The first-order valence-corrected chi connectivity index (χ1v) is 8.38. The molecule has 2 N–H and O–H groups in total. The van der Waals surface area contributed by atoms with Gasteiger partial charge in [-0.15, -0.1) is 24.0 Å². The van der Waals surface area contributed by atoms with Crippen molar-refractivity contribution in [2.24, 2.45) is 4.99 Å². The Hall–Kier alpha value is -2.03. The van der Waals surface area contributed by atoms with E-state index in [0.29, 0.717) is 12.3 Å². The van der Waals surface area contributed by atoms with Crippen molar-refractivity contribution in [2.75, 3.05) is 27.3 Å². The van der Waals surface area contributed by atoms with Crippen LogP contribution >= 0.6 is 24.0 Å². The lowest BCUT2D eigenvalue weighted by molar-refractivity contribution is 0.354. The molecule has 1 aromatic heterocycles. The maximum Gasteiger partial charge on any atom is 0.191 e. The summed E-state index contributed by atoms with van der Waals surface area (Å²) in [6, 6.07) is 9.85. The fourth-order valence-electron chi connectivity index (χ4n) is 2.36. The monoisotopic (exact) mass is 470 g/mol. The van der Waals surface area contributed by atoms with E-state index in [1.54, 1.807) is 20.4 Å². The number of aliphatic imine (C=N–C) groups is 1. The standard InChI is InChI=1S/C19H26N4O2.HI/c1-4-21-19(22-11-9-15-6-5-10-20-13-15)23-14-16-7-8-17(24-2)18(12-16)25-3;/h5-8,10,12-13H,4,9,11,14H2,1-3H3,(H2,21,22,23);1H. The van der Waals surface area contributed by atoms with E-state index in [0.717, 1.165) is 36.8 Å². The zero-order valence-electron chi connectivity index (χ0n) is 15.5. The molecule has 142 valence electrons. The fraction of sp³-hybridized carbons (Fsp3) is 0.368. The van der Waals surface area contributed by atoms with Crippen molar-refractivity contribution in [3.63, 3.8) is 0 Å². The van der Waals surface area contributed by atoms with Gasteiger partial charge < -0.3 is 20.1 Å². The summed E-state index contributed by atoms with van der Waals surface area (Å²) in [5, 5.41) is 6.60. The topological polar surface area (TPSA) is 67.8 Å². The van der Waals surface area contributed by atoms with E-state index in [-0.39, 0.29) is 24.0 Å². The van der Waals surface area contributed by atoms with E-state index < -0.39 is 0 Å². The third-order valence-corrected chi connectivity index (χ3v) is 3.64. The highest BCUT2D eigenvalue weighted by atomic mass is 127. The van der Waals surface area contributed by atoms with E-state index in [1.165, 1.54) is 5.56 Å². The van der Waals surface area contributed by atoms with Gasteiger partial charge in [-0.25, -0.2) is 4.99 Å². The average molecular weight is 470 g/mol. The number of methoxy groups -OCH3 is 2. The van der Waals surface area contributed by atoms with Crippen LogP contribution in [0.15, 0.2) is 47.7 Å². The van der Waals surface area contributed by atoms with E-state index in [2.05, 4.69) is 33.6 Å². The number of hydrogen-bond donors (Lipinski definition) is 2. The Morgan fingerprint density at radius 3 is 2.54 bits per heavy atom. The summed E-state index contributed by atoms with van der Waals surface area (Å²) in [5.74, 6) is 2.22. The summed E-state index contributed by atoms with van der Waals surface area (Å²) in [4.78, 5) is 8.76. The molecule has 26 heavy (non-hydrogen) atoms. The largest absolute Gasteiger partial charge is 0.493 e. The summed E-state index contributed by atoms with van der Waals surface area (Å²) >= 11 is 0. The molecule has 0 radical (unpaired) electrons. The van der Waals surface area contributed by atoms with Crippen LogP contribution < -0.4 is 20.1 Å². The zero-order valence-corrected chi connectivity index (χ0v) is 17.8. The number of benzene rings is 1. The van der Waals surface area contributed by atoms with Gasteiger partial charge in [0.1, 0.15) is 0 Å². The first kappa shape index (κ1) is 22.0. The SMILES string of the molecule is CCNC(=NCc1ccc(OC)c(OC)c1)NCCc1cccnc1.I. The molecular formula is C19H27IN4O2. The van der Waals surface area contributed by atoms with Crippen LogP contribution in [0.5, 0.6) is 11.5 Å². The molecule has 0 unspecified atom stereocenters. The van der Waals surface area contributed by atoms with Crippen molar-refractivity contribution < 1.29 is 9.47 Å². The maximum atomic E-state index is 5.33. The van der Waals surface area contributed by atoms with Gasteiger partial charge in [-0.2, -0.15) is 0 Å². The molecule has 0 aliphatic heterocycles. The first-order chi connectivity index (χ1) is 12.3. The molecule has 2 aromatic rings. The number of hydrogen-bond acceptors (Lipinski definition) is 4. The predicted molar refractivity (Wildman–Crippen MR) is 116 cm³/mol. The highest BCUT2D eigenvalue weighted by Crippen LogP contribution is 2.27. The number of nitrogens with one attached hydrogen (secondary N) is 2. The van der Waals surface area contributed by atoms with Gasteiger partial charge in [-0.1, -0.05) is 12.1 Å². The summed E-state index contributed by atoms with van der Waals surface area (Å²) in [5.41, 5.74) is 2.26. The first-order valence-electron chi connectivity index (χ1n) is 8.38. The molecule has 1 heterocycles. The number of guanidine groups is 1. The van der Waals surface area contributed by atoms with Crippen LogP contribution in [0.4, 0.5) is 0 Å². The highest BCUT2D eigenvalue weighted by molar-refractivity contribution is 14.0. The smallest absolute Gasteiger partial charge is 0.191 e. The fourth-order valence-corrected chi connectivity index (χ4v) is 2.36. The Morgan fingerprint density at radius 2 is 1.88 bits per heavy atom. The predicted octanol–water partition coefficient (Wildman–Crippen LogP) is 3.01. The van der Waals surface area contributed by atoms with Gasteiger partial charge in [0.15, 0.2) is 17.5 Å². The number of aromatic nitrogens is 1. The van der Waals surface area contributed by atoms with Gasteiger partial charge in [0, 0.05) is 25.5 Å². The molecule has 2 rings (SSSR count). The average Bonchev–Trinajstić information content (AvgIpc) is 2.66. The number of halogens is 1. The zero-order chi connectivity index (χ0) is 17.9. The Labute approximate surface area is 172 Å². The van der Waals surface area contributed by atoms with Crippen molar-refractivity contribution >= 4 is 29.9 Å². The van der Waals surface area contributed by atoms with Gasteiger partial charge in [-0.05, 0) is 42.7 Å². The van der Waals surface area contributed by atoms with Crippen LogP contribution in [0.2, 0.25) is 0 Å². The van der Waals surface area contributed by atoms with Crippen LogP contribution in [-0.2, 0) is 13.0 Å². The quantitative estimate of drug-likeness (QED) is 0.353. The Balaban J connectivity index is 0.00000338. The Bertz CT molecular complexity index is 680. The van der Waals surface area contributed by atoms with Crippen LogP contribution in [0, 0.1) is 0 Å². The molecule has 0 amide bonds. The molecule has 6 nitrogen and oxygen atoms in total. The third kappa shape index (κ3) is 7.07. The van der Waals surface area contributed by atoms with Gasteiger partial charge in [-0.3, -0.25) is 4.98 Å². The van der Waals surface area contributed by atoms with Crippen molar-refractivity contribution in [3.8, 4) is 11.5 Å². The molecule has 0 saturated carbocycles. The van der Waals surface area contributed by atoms with Gasteiger partial charge in [0.25, 0.3) is 0 Å². The Morgan fingerprint density at radius 1 is 1.08 bits per heavy atom. The van der Waals surface area contributed by atoms with Gasteiger partial charge in [0.2, 0.25) is 0 Å². The third-order valence-electron chi connectivity index (χ3n) is 3.64. The van der Waals surface area contributed by atoms with E-state index >= 15 is 0 Å². The summed E-state index contributed by atoms with van der Waals surface area (Å²) in [7, 11) is 3.26. The van der Waals surface area contributed by atoms with Crippen molar-refractivity contribution in [2.45, 2.75) is 19.9 Å². The van der Waals surface area contributed by atoms with Crippen molar-refractivity contribution in [1.82, 2.24) is 15.6 Å². The second-order valence-corrected chi connectivity index (χ2v) is 5.42. The lowest BCUT2D eigenvalue weighted by atomic mass is 10.2. The lowest BCUT2D eigenvalue weighted by Crippen LogP contribution is -2.38. The molecule has 0 spiro atoms.